The summed E-state index contributed by atoms with van der Waals surface area (Å²) in [7, 11) is 1.62. The molecule has 1 aromatic carbocycles. The minimum atomic E-state index is -0.480. The van der Waals surface area contributed by atoms with Crippen molar-refractivity contribution in [1.29, 1.82) is 0 Å². The zero-order valence-electron chi connectivity index (χ0n) is 15.5. The Bertz CT molecular complexity index is 789. The summed E-state index contributed by atoms with van der Waals surface area (Å²) < 4.78 is 16.9. The van der Waals surface area contributed by atoms with Crippen LogP contribution in [0.25, 0.3) is 11.3 Å². The first-order valence-corrected chi connectivity index (χ1v) is 9.47. The van der Waals surface area contributed by atoms with Gasteiger partial charge < -0.3 is 23.9 Å². The predicted octanol–water partition coefficient (Wildman–Crippen LogP) is 3.10. The van der Waals surface area contributed by atoms with Crippen LogP contribution in [-0.4, -0.2) is 54.4 Å². The number of benzene rings is 1. The van der Waals surface area contributed by atoms with Crippen LogP contribution in [0.3, 0.4) is 0 Å². The molecular formula is C21H25NO5. The van der Waals surface area contributed by atoms with Gasteiger partial charge in [-0.1, -0.05) is 0 Å². The maximum atomic E-state index is 12.8. The number of carbonyl (C=O) groups excluding carboxylic acids is 1. The van der Waals surface area contributed by atoms with Crippen molar-refractivity contribution < 1.29 is 23.8 Å². The first kappa shape index (κ1) is 18.1. The smallest absolute Gasteiger partial charge is 0.289 e. The number of carbonyl (C=O) groups is 1. The molecule has 0 aliphatic carbocycles. The molecule has 3 heterocycles. The van der Waals surface area contributed by atoms with Crippen LogP contribution >= 0.6 is 0 Å². The van der Waals surface area contributed by atoms with E-state index in [0.717, 1.165) is 24.2 Å². The molecule has 1 spiro atoms. The highest BCUT2D eigenvalue weighted by Crippen LogP contribution is 2.36. The second-order valence-electron chi connectivity index (χ2n) is 7.26. The molecule has 1 aromatic heterocycles. The lowest BCUT2D eigenvalue weighted by Crippen LogP contribution is -2.56. The topological polar surface area (TPSA) is 72.1 Å². The highest BCUT2D eigenvalue weighted by Gasteiger charge is 2.44. The second kappa shape index (κ2) is 7.37. The van der Waals surface area contributed by atoms with E-state index in [1.54, 1.807) is 18.1 Å². The fraction of sp³-hybridized carbons (Fsp3) is 0.476. The summed E-state index contributed by atoms with van der Waals surface area (Å²) in [6.45, 7) is 1.82. The highest BCUT2D eigenvalue weighted by atomic mass is 16.5. The average molecular weight is 371 g/mol. The van der Waals surface area contributed by atoms with E-state index in [9.17, 15) is 9.90 Å². The molecule has 0 unspecified atom stereocenters. The van der Waals surface area contributed by atoms with E-state index in [-0.39, 0.29) is 5.91 Å². The molecule has 6 nitrogen and oxygen atoms in total. The summed E-state index contributed by atoms with van der Waals surface area (Å²) in [5, 5.41) is 10.3. The van der Waals surface area contributed by atoms with Gasteiger partial charge in [0, 0.05) is 25.3 Å². The van der Waals surface area contributed by atoms with Crippen molar-refractivity contribution in [3.8, 4) is 17.1 Å². The molecule has 2 aliphatic rings. The van der Waals surface area contributed by atoms with Crippen LogP contribution in [0, 0.1) is 0 Å². The molecule has 144 valence electrons. The lowest BCUT2D eigenvalue weighted by molar-refractivity contribution is -0.174. The number of amides is 1. The zero-order chi connectivity index (χ0) is 18.9. The molecule has 6 heteroatoms. The first-order chi connectivity index (χ1) is 13.1. The average Bonchev–Trinajstić information content (AvgIpc) is 3.21. The fourth-order valence-corrected chi connectivity index (χ4v) is 4.00. The number of aliphatic hydroxyl groups is 1. The Kier molecular flexibility index (Phi) is 4.93. The third-order valence-electron chi connectivity index (χ3n) is 5.71. The Morgan fingerprint density at radius 3 is 2.59 bits per heavy atom. The minimum Gasteiger partial charge on any atom is -0.497 e. The van der Waals surface area contributed by atoms with Gasteiger partial charge in [0.15, 0.2) is 5.76 Å². The van der Waals surface area contributed by atoms with Gasteiger partial charge in [-0.05, 0) is 62.1 Å². The van der Waals surface area contributed by atoms with Gasteiger partial charge in [-0.2, -0.15) is 0 Å². The van der Waals surface area contributed by atoms with Gasteiger partial charge in [0.25, 0.3) is 5.91 Å². The van der Waals surface area contributed by atoms with Crippen molar-refractivity contribution in [2.75, 3.05) is 26.8 Å². The van der Waals surface area contributed by atoms with E-state index in [1.165, 1.54) is 0 Å². The zero-order valence-corrected chi connectivity index (χ0v) is 15.5. The quantitative estimate of drug-likeness (QED) is 0.898. The van der Waals surface area contributed by atoms with E-state index >= 15 is 0 Å². The van der Waals surface area contributed by atoms with Gasteiger partial charge in [0.1, 0.15) is 11.5 Å². The van der Waals surface area contributed by atoms with Crippen molar-refractivity contribution in [3.05, 3.63) is 42.2 Å². The van der Waals surface area contributed by atoms with Crippen molar-refractivity contribution in [1.82, 2.24) is 4.90 Å². The number of ether oxygens (including phenoxy) is 2. The molecule has 2 fully saturated rings. The Morgan fingerprint density at radius 2 is 1.93 bits per heavy atom. The number of rotatable bonds is 3. The van der Waals surface area contributed by atoms with E-state index in [1.807, 2.05) is 30.3 Å². The number of hydrogen-bond donors (Lipinski definition) is 1. The second-order valence-corrected chi connectivity index (χ2v) is 7.26. The third-order valence-corrected chi connectivity index (χ3v) is 5.71. The summed E-state index contributed by atoms with van der Waals surface area (Å²) in [5.74, 6) is 1.65. The molecule has 0 saturated carbocycles. The van der Waals surface area contributed by atoms with Gasteiger partial charge >= 0.3 is 0 Å². The molecule has 1 N–H and O–H groups in total. The Hall–Kier alpha value is -2.31. The molecule has 4 rings (SSSR count). The lowest BCUT2D eigenvalue weighted by Gasteiger charge is -2.46. The van der Waals surface area contributed by atoms with Gasteiger partial charge in [-0.25, -0.2) is 0 Å². The SMILES string of the molecule is COc1ccc(-c2ccc(C(=O)N3CCC4(CC3)OCCC[C@H]4O)o2)cc1. The summed E-state index contributed by atoms with van der Waals surface area (Å²) in [6, 6.07) is 11.1. The van der Waals surface area contributed by atoms with Gasteiger partial charge in [-0.15, -0.1) is 0 Å². The molecule has 2 saturated heterocycles. The van der Waals surface area contributed by atoms with Gasteiger partial charge in [0.05, 0.1) is 18.8 Å². The monoisotopic (exact) mass is 371 g/mol. The Balaban J connectivity index is 1.42. The summed E-state index contributed by atoms with van der Waals surface area (Å²) in [4.78, 5) is 14.6. The number of aliphatic hydroxyl groups excluding tert-OH is 1. The van der Waals surface area contributed by atoms with Crippen molar-refractivity contribution >= 4 is 5.91 Å². The molecular weight excluding hydrogens is 346 g/mol. The number of piperidine rings is 1. The standard InChI is InChI=1S/C21H25NO5/c1-25-16-6-4-15(5-7-16)17-8-9-18(27-17)20(24)22-12-10-21(11-13-22)19(23)3-2-14-26-21/h4-9,19,23H,2-3,10-14H2,1H3/t19-/m1/s1. The van der Waals surface area contributed by atoms with Crippen LogP contribution < -0.4 is 4.74 Å². The minimum absolute atomic E-state index is 0.116. The maximum Gasteiger partial charge on any atom is 0.289 e. The van der Waals surface area contributed by atoms with Crippen LogP contribution in [0.2, 0.25) is 0 Å². The van der Waals surface area contributed by atoms with Crippen LogP contribution in [0.15, 0.2) is 40.8 Å². The number of hydrogen-bond acceptors (Lipinski definition) is 5. The molecule has 1 amide bonds. The van der Waals surface area contributed by atoms with E-state index < -0.39 is 11.7 Å². The highest BCUT2D eigenvalue weighted by molar-refractivity contribution is 5.92. The number of likely N-dealkylation sites (tertiary alicyclic amines) is 1. The van der Waals surface area contributed by atoms with Crippen molar-refractivity contribution in [2.45, 2.75) is 37.4 Å². The summed E-state index contributed by atoms with van der Waals surface area (Å²) in [5.41, 5.74) is 0.415. The largest absolute Gasteiger partial charge is 0.497 e. The predicted molar refractivity (Wildman–Crippen MR) is 99.8 cm³/mol. The van der Waals surface area contributed by atoms with Crippen LogP contribution in [-0.2, 0) is 4.74 Å². The summed E-state index contributed by atoms with van der Waals surface area (Å²) in [6.07, 6.45) is 2.55. The summed E-state index contributed by atoms with van der Waals surface area (Å²) >= 11 is 0. The molecule has 2 aromatic rings. The van der Waals surface area contributed by atoms with Crippen molar-refractivity contribution in [3.63, 3.8) is 0 Å². The Morgan fingerprint density at radius 1 is 1.19 bits per heavy atom. The fourth-order valence-electron chi connectivity index (χ4n) is 4.00. The number of nitrogens with zero attached hydrogens (tertiary/aromatic N) is 1. The lowest BCUT2D eigenvalue weighted by atomic mass is 9.82. The normalized spacial score (nSPS) is 22.0. The van der Waals surface area contributed by atoms with E-state index in [0.29, 0.717) is 44.1 Å². The van der Waals surface area contributed by atoms with E-state index in [4.69, 9.17) is 13.9 Å². The molecule has 0 bridgehead atoms. The molecule has 27 heavy (non-hydrogen) atoms. The maximum absolute atomic E-state index is 12.8. The Labute approximate surface area is 158 Å². The molecule has 2 aliphatic heterocycles. The van der Waals surface area contributed by atoms with E-state index in [2.05, 4.69) is 0 Å². The third kappa shape index (κ3) is 3.47. The first-order valence-electron chi connectivity index (χ1n) is 9.47. The molecule has 1 atom stereocenters. The number of furan rings is 1. The number of methoxy groups -OCH3 is 1. The van der Waals surface area contributed by atoms with Crippen LogP contribution in [0.5, 0.6) is 5.75 Å². The van der Waals surface area contributed by atoms with Crippen molar-refractivity contribution in [2.24, 2.45) is 0 Å². The van der Waals surface area contributed by atoms with Crippen LogP contribution in [0.1, 0.15) is 36.2 Å². The van der Waals surface area contributed by atoms with Gasteiger partial charge in [-0.3, -0.25) is 4.79 Å². The molecule has 0 radical (unpaired) electrons. The van der Waals surface area contributed by atoms with Gasteiger partial charge in [0.2, 0.25) is 0 Å². The van der Waals surface area contributed by atoms with Crippen LogP contribution in [0.4, 0.5) is 0 Å².